The molecular weight excluding hydrogens is 428 g/mol. The Bertz CT molecular complexity index is 810. The van der Waals surface area contributed by atoms with Gasteiger partial charge in [-0.25, -0.2) is 4.79 Å². The SMILES string of the molecule is O=C(O)CC[C@H](NC(CCCC(=O)c1cccs1)C(=O)O)C(=O)N1CCC[C@H]1C(=O)O. The maximum atomic E-state index is 12.9. The largest absolute Gasteiger partial charge is 0.481 e. The summed E-state index contributed by atoms with van der Waals surface area (Å²) in [6.45, 7) is 0.216. The first kappa shape index (κ1) is 24.5. The number of ketones is 1. The number of carbonyl (C=O) groups is 5. The lowest BCUT2D eigenvalue weighted by atomic mass is 10.0. The Morgan fingerprint density at radius 3 is 2.42 bits per heavy atom. The van der Waals surface area contributed by atoms with Crippen LogP contribution in [0, 0.1) is 0 Å². The van der Waals surface area contributed by atoms with Crippen LogP contribution >= 0.6 is 11.3 Å². The number of Topliss-reactive ketones (excluding diaryl/α,β-unsaturated/α-hetero) is 1. The first-order valence-corrected chi connectivity index (χ1v) is 10.9. The fourth-order valence-corrected chi connectivity index (χ4v) is 4.28. The third-order valence-electron chi connectivity index (χ3n) is 5.16. The van der Waals surface area contributed by atoms with Crippen molar-refractivity contribution >= 4 is 40.9 Å². The van der Waals surface area contributed by atoms with E-state index in [4.69, 9.17) is 5.11 Å². The average Bonchev–Trinajstić information content (AvgIpc) is 3.40. The molecule has 1 saturated heterocycles. The van der Waals surface area contributed by atoms with Crippen LogP contribution in [0.1, 0.15) is 54.6 Å². The van der Waals surface area contributed by atoms with Gasteiger partial charge in [0.2, 0.25) is 5.91 Å². The van der Waals surface area contributed by atoms with E-state index < -0.39 is 41.9 Å². The second-order valence-corrected chi connectivity index (χ2v) is 8.31. The molecule has 1 unspecified atom stereocenters. The highest BCUT2D eigenvalue weighted by Crippen LogP contribution is 2.20. The second-order valence-electron chi connectivity index (χ2n) is 7.36. The van der Waals surface area contributed by atoms with E-state index in [1.165, 1.54) is 16.2 Å². The first-order valence-electron chi connectivity index (χ1n) is 10.0. The van der Waals surface area contributed by atoms with Crippen molar-refractivity contribution in [3.8, 4) is 0 Å². The Labute approximate surface area is 182 Å². The van der Waals surface area contributed by atoms with Gasteiger partial charge >= 0.3 is 17.9 Å². The first-order chi connectivity index (χ1) is 14.7. The molecule has 0 radical (unpaired) electrons. The molecule has 3 atom stereocenters. The summed E-state index contributed by atoms with van der Waals surface area (Å²) < 4.78 is 0. The van der Waals surface area contributed by atoms with Gasteiger partial charge in [0.1, 0.15) is 12.1 Å². The Balaban J connectivity index is 2.03. The molecule has 2 heterocycles. The molecule has 1 aliphatic rings. The van der Waals surface area contributed by atoms with E-state index in [0.717, 1.165) is 0 Å². The minimum absolute atomic E-state index is 0.0612. The molecular formula is C20H26N2O8S. The number of likely N-dealkylation sites (tertiary alicyclic amines) is 1. The van der Waals surface area contributed by atoms with E-state index in [0.29, 0.717) is 17.7 Å². The van der Waals surface area contributed by atoms with Gasteiger partial charge in [-0.2, -0.15) is 0 Å². The summed E-state index contributed by atoms with van der Waals surface area (Å²) in [5, 5.41) is 32.3. The molecule has 11 heteroatoms. The van der Waals surface area contributed by atoms with Crippen molar-refractivity contribution in [2.45, 2.75) is 63.1 Å². The number of carboxylic acid groups (broad SMARTS) is 3. The average molecular weight is 455 g/mol. The van der Waals surface area contributed by atoms with Crippen LogP contribution in [0.25, 0.3) is 0 Å². The summed E-state index contributed by atoms with van der Waals surface area (Å²) in [4.78, 5) is 60.9. The minimum atomic E-state index is -1.23. The fraction of sp³-hybridized carbons (Fsp3) is 0.550. The molecule has 31 heavy (non-hydrogen) atoms. The molecule has 170 valence electrons. The number of carbonyl (C=O) groups excluding carboxylic acids is 2. The predicted molar refractivity (Wildman–Crippen MR) is 110 cm³/mol. The highest BCUT2D eigenvalue weighted by molar-refractivity contribution is 7.12. The molecule has 0 saturated carbocycles. The normalized spacial score (nSPS) is 17.8. The maximum absolute atomic E-state index is 12.9. The number of hydrogen-bond acceptors (Lipinski definition) is 7. The van der Waals surface area contributed by atoms with E-state index in [1.807, 2.05) is 0 Å². The van der Waals surface area contributed by atoms with Gasteiger partial charge in [-0.15, -0.1) is 11.3 Å². The van der Waals surface area contributed by atoms with Gasteiger partial charge in [-0.3, -0.25) is 24.5 Å². The van der Waals surface area contributed by atoms with Gasteiger partial charge in [-0.05, 0) is 43.6 Å². The monoisotopic (exact) mass is 454 g/mol. The smallest absolute Gasteiger partial charge is 0.326 e. The number of hydrogen-bond donors (Lipinski definition) is 4. The molecule has 1 fully saturated rings. The zero-order chi connectivity index (χ0) is 23.0. The van der Waals surface area contributed by atoms with Gasteiger partial charge in [0.15, 0.2) is 5.78 Å². The summed E-state index contributed by atoms with van der Waals surface area (Å²) in [7, 11) is 0. The van der Waals surface area contributed by atoms with Crippen LogP contribution in [0.5, 0.6) is 0 Å². The zero-order valence-electron chi connectivity index (χ0n) is 16.9. The summed E-state index contributed by atoms with van der Waals surface area (Å²) >= 11 is 1.30. The minimum Gasteiger partial charge on any atom is -0.481 e. The number of nitrogens with one attached hydrogen (secondary N) is 1. The van der Waals surface area contributed by atoms with E-state index >= 15 is 0 Å². The molecule has 1 aromatic heterocycles. The van der Waals surface area contributed by atoms with Crippen molar-refractivity contribution < 1.29 is 39.3 Å². The Hall–Kier alpha value is -2.79. The molecule has 4 N–H and O–H groups in total. The summed E-state index contributed by atoms with van der Waals surface area (Å²) in [6, 6.07) is 0.110. The molecule has 1 aliphatic heterocycles. The Morgan fingerprint density at radius 2 is 1.84 bits per heavy atom. The fourth-order valence-electron chi connectivity index (χ4n) is 3.58. The number of aliphatic carboxylic acids is 3. The van der Waals surface area contributed by atoms with Crippen molar-refractivity contribution in [1.29, 1.82) is 0 Å². The lowest BCUT2D eigenvalue weighted by molar-refractivity contribution is -0.150. The molecule has 1 aromatic rings. The molecule has 2 rings (SSSR count). The second kappa shape index (κ2) is 11.6. The van der Waals surface area contributed by atoms with Crippen LogP contribution in [-0.4, -0.2) is 74.5 Å². The Kier molecular flexibility index (Phi) is 9.13. The van der Waals surface area contributed by atoms with E-state index in [2.05, 4.69) is 5.32 Å². The number of rotatable bonds is 13. The van der Waals surface area contributed by atoms with Crippen LogP contribution in [-0.2, 0) is 19.2 Å². The van der Waals surface area contributed by atoms with Gasteiger partial charge in [0.05, 0.1) is 10.9 Å². The van der Waals surface area contributed by atoms with Crippen molar-refractivity contribution in [3.05, 3.63) is 22.4 Å². The molecule has 0 spiro atoms. The van der Waals surface area contributed by atoms with Crippen molar-refractivity contribution in [2.75, 3.05) is 6.54 Å². The number of nitrogens with zero attached hydrogens (tertiary/aromatic N) is 1. The third-order valence-corrected chi connectivity index (χ3v) is 6.07. The van der Waals surface area contributed by atoms with Gasteiger partial charge < -0.3 is 20.2 Å². The number of thiophene rings is 1. The summed E-state index contributed by atoms with van der Waals surface area (Å²) in [5.74, 6) is -4.24. The Morgan fingerprint density at radius 1 is 1.10 bits per heavy atom. The highest BCUT2D eigenvalue weighted by atomic mass is 32.1. The molecule has 1 amide bonds. The highest BCUT2D eigenvalue weighted by Gasteiger charge is 2.38. The van der Waals surface area contributed by atoms with Gasteiger partial charge in [-0.1, -0.05) is 6.07 Å². The molecule has 0 aliphatic carbocycles. The number of amides is 1. The van der Waals surface area contributed by atoms with Crippen LogP contribution in [0.4, 0.5) is 0 Å². The zero-order valence-corrected chi connectivity index (χ0v) is 17.7. The van der Waals surface area contributed by atoms with Gasteiger partial charge in [0, 0.05) is 19.4 Å². The topological polar surface area (TPSA) is 161 Å². The third kappa shape index (κ3) is 7.14. The van der Waals surface area contributed by atoms with E-state index in [1.54, 1.807) is 17.5 Å². The van der Waals surface area contributed by atoms with Crippen molar-refractivity contribution in [2.24, 2.45) is 0 Å². The van der Waals surface area contributed by atoms with Crippen molar-refractivity contribution in [1.82, 2.24) is 10.2 Å². The van der Waals surface area contributed by atoms with E-state index in [-0.39, 0.29) is 44.4 Å². The lowest BCUT2D eigenvalue weighted by Gasteiger charge is -2.29. The number of carboxylic acids is 3. The van der Waals surface area contributed by atoms with Crippen LogP contribution in [0.3, 0.4) is 0 Å². The molecule has 0 bridgehead atoms. The van der Waals surface area contributed by atoms with E-state index in [9.17, 15) is 34.2 Å². The quantitative estimate of drug-likeness (QED) is 0.323. The lowest BCUT2D eigenvalue weighted by Crippen LogP contribution is -2.54. The van der Waals surface area contributed by atoms with Crippen LogP contribution in [0.2, 0.25) is 0 Å². The van der Waals surface area contributed by atoms with Crippen molar-refractivity contribution in [3.63, 3.8) is 0 Å². The van der Waals surface area contributed by atoms with Gasteiger partial charge in [0.25, 0.3) is 0 Å². The molecule has 0 aromatic carbocycles. The predicted octanol–water partition coefficient (Wildman–Crippen LogP) is 1.45. The van der Waals surface area contributed by atoms with Crippen LogP contribution < -0.4 is 5.32 Å². The molecule has 10 nitrogen and oxygen atoms in total. The standard InChI is InChI=1S/C20H26N2O8S/c23-15(16-7-3-11-31-16)6-1-4-13(19(27)28)21-12(8-9-17(24)25)18(26)22-10-2-5-14(22)20(29)30/h3,7,11-14,21H,1-2,4-6,8-10H2,(H,24,25)(H,27,28)(H,29,30)/t12-,13?,14-/m0/s1. The summed E-state index contributed by atoms with van der Waals surface area (Å²) in [5.41, 5.74) is 0. The maximum Gasteiger partial charge on any atom is 0.326 e. The van der Waals surface area contributed by atoms with Crippen LogP contribution in [0.15, 0.2) is 17.5 Å². The summed E-state index contributed by atoms with van der Waals surface area (Å²) in [6.07, 6.45) is 0.717.